The number of likely N-dealkylation sites (N-methyl/N-ethyl adjacent to an activating group) is 1. The summed E-state index contributed by atoms with van der Waals surface area (Å²) in [5.74, 6) is 2.78. The van der Waals surface area contributed by atoms with Crippen molar-refractivity contribution in [3.8, 4) is 52.9 Å². The van der Waals surface area contributed by atoms with Gasteiger partial charge < -0.3 is 62.8 Å². The van der Waals surface area contributed by atoms with E-state index in [1.165, 1.54) is 65.0 Å². The smallest absolute Gasteiger partial charge is 0.211 e. The maximum Gasteiger partial charge on any atom is 0.211 e. The number of nitrogen functional groups attached to an aromatic ring is 5. The van der Waals surface area contributed by atoms with E-state index in [1.807, 2.05) is 66.7 Å². The van der Waals surface area contributed by atoms with Crippen molar-refractivity contribution in [3.63, 3.8) is 0 Å². The first kappa shape index (κ1) is 80.7. The van der Waals surface area contributed by atoms with Crippen molar-refractivity contribution in [1.29, 1.82) is 0 Å². The molecule has 0 radical (unpaired) electrons. The number of sulfonamides is 1. The van der Waals surface area contributed by atoms with Crippen LogP contribution in [0.5, 0.6) is 0 Å². The number of thiophene rings is 5. The zero-order valence-electron chi connectivity index (χ0n) is 67.3. The highest BCUT2D eigenvalue weighted by atomic mass is 32.2. The third-order valence-electron chi connectivity index (χ3n) is 22.9. The Morgan fingerprint density at radius 1 is 0.403 bits per heavy atom. The Bertz CT molecular complexity index is 5900. The molecule has 15 aromatic rings. The van der Waals surface area contributed by atoms with Crippen LogP contribution in [0.15, 0.2) is 122 Å². The van der Waals surface area contributed by atoms with E-state index in [9.17, 15) is 8.42 Å². The third-order valence-corrected chi connectivity index (χ3v) is 30.1. The molecule has 119 heavy (non-hydrogen) atoms. The molecule has 0 unspecified atom stereocenters. The van der Waals surface area contributed by atoms with Gasteiger partial charge in [-0.25, -0.2) is 33.3 Å². The number of hydrogen-bond donors (Lipinski definition) is 10. The molecule has 15 aromatic heterocycles. The molecule has 5 saturated heterocycles. The van der Waals surface area contributed by atoms with E-state index < -0.39 is 10.0 Å². The Labute approximate surface area is 708 Å². The second kappa shape index (κ2) is 34.6. The molecule has 0 atom stereocenters. The van der Waals surface area contributed by atoms with Crippen molar-refractivity contribution in [2.45, 2.75) is 64.1 Å². The standard InChI is InChI=1S/C17H20N6S.C17H22N6S.C17H21N5OS.C15H18N6O2S2.C15H18N6S/c18-16-10-14(23-7-5-22(6-8-23)11-1-2-11)17-13(20-16)9-15(24-17)12-3-4-19-21-12;1-11(2)22-5-7-23(8-6-22)14-10-16(18)20-13-9-15(24-17(13)14)12-3-4-19-21-12;1-17(23-2)4-7-22(8-5-17)13-10-15(18)20-12-9-14(24-16(12)13)11-3-6-19-21-11;1-25(22,23)21-6-4-20(5-7-21)12-9-14(16)18-11-8-13(24-15(11)12)10-2-3-17-19-10;1-20-4-6-21(7-5-20)12-9-14(16)18-11-8-13(22-15(11)12)10-2-3-17-19-10/h3-4,9-11H,1-2,5-8H2,(H2,18,20)(H,19,21);3-4,9-11H,5-8H2,1-2H3,(H2,18,20)(H,19,21);3,6,9-10H,4-5,7-8H2,1-2H3,(H2,18,20)(H,19,21);2-3,8-9H,4-7H2,1H3,(H2,16,18)(H,17,19);2-3,8-9H,4-7H2,1H3,(H2,16,18)(H,17,19). The van der Waals surface area contributed by atoms with E-state index >= 15 is 0 Å². The minimum absolute atomic E-state index is 0.0231. The van der Waals surface area contributed by atoms with Crippen molar-refractivity contribution in [1.82, 2.24) is 94.9 Å². The molecular formula is C81H99N29O3S6. The van der Waals surface area contributed by atoms with Crippen molar-refractivity contribution in [2.75, 3.05) is 191 Å². The van der Waals surface area contributed by atoms with Gasteiger partial charge in [-0.05, 0) is 114 Å². The number of piperazine rings is 4. The monoisotopic (exact) mass is 1720 g/mol. The number of H-pyrrole nitrogens is 5. The van der Waals surface area contributed by atoms with Gasteiger partial charge in [0.15, 0.2) is 0 Å². The van der Waals surface area contributed by atoms with Gasteiger partial charge in [0.2, 0.25) is 10.0 Å². The molecule has 21 rings (SSSR count). The summed E-state index contributed by atoms with van der Waals surface area (Å²) in [7, 11) is 0.815. The van der Waals surface area contributed by atoms with Gasteiger partial charge in [0, 0.05) is 198 Å². The molecule has 0 spiro atoms. The molecule has 32 nitrogen and oxygen atoms in total. The average molecular weight is 1720 g/mol. The van der Waals surface area contributed by atoms with Gasteiger partial charge in [0.05, 0.1) is 144 Å². The summed E-state index contributed by atoms with van der Waals surface area (Å²) >= 11 is 8.60. The van der Waals surface area contributed by atoms with Gasteiger partial charge in [-0.15, -0.1) is 56.7 Å². The molecule has 1 aliphatic carbocycles. The fraction of sp³-hybridized carbons (Fsp3) is 0.383. The quantitative estimate of drug-likeness (QED) is 0.0483. The number of piperidine rings is 1. The van der Waals surface area contributed by atoms with Crippen LogP contribution in [0.4, 0.5) is 57.5 Å². The Morgan fingerprint density at radius 3 is 0.924 bits per heavy atom. The number of nitrogens with zero attached hydrogens (tertiary/aromatic N) is 19. The number of aromatic amines is 5. The molecule has 0 amide bonds. The number of pyridine rings is 5. The summed E-state index contributed by atoms with van der Waals surface area (Å²) in [5.41, 5.74) is 45.7. The van der Waals surface area contributed by atoms with Gasteiger partial charge in [-0.1, -0.05) is 0 Å². The Balaban J connectivity index is 0.000000106. The van der Waals surface area contributed by atoms with Crippen molar-refractivity contribution < 1.29 is 13.2 Å². The fourth-order valence-corrected chi connectivity index (χ4v) is 22.3. The van der Waals surface area contributed by atoms with Crippen LogP contribution in [0.2, 0.25) is 0 Å². The number of rotatable bonds is 14. The number of ether oxygens (including phenoxy) is 1. The van der Waals surface area contributed by atoms with E-state index in [4.69, 9.17) is 33.4 Å². The Morgan fingerprint density at radius 2 is 0.672 bits per heavy atom. The Hall–Kier alpha value is -10.7. The molecular weight excluding hydrogens is 1620 g/mol. The average Bonchev–Trinajstić information content (AvgIpc) is 1.66. The summed E-state index contributed by atoms with van der Waals surface area (Å²) < 4.78 is 36.4. The van der Waals surface area contributed by atoms with Gasteiger partial charge in [-0.2, -0.15) is 29.8 Å². The lowest BCUT2D eigenvalue weighted by Gasteiger charge is -2.39. The molecule has 0 bridgehead atoms. The lowest BCUT2D eigenvalue weighted by atomic mass is 9.93. The summed E-state index contributed by atoms with van der Waals surface area (Å²) in [6.45, 7) is 23.6. The van der Waals surface area contributed by atoms with Crippen LogP contribution in [0.1, 0.15) is 46.5 Å². The molecule has 1 saturated carbocycles. The normalized spacial score (nSPS) is 17.3. The van der Waals surface area contributed by atoms with Crippen LogP contribution in [0, 0.1) is 0 Å². The summed E-state index contributed by atoms with van der Waals surface area (Å²) in [6.07, 6.45) is 14.8. The Kier molecular flexibility index (Phi) is 23.5. The molecule has 15 N–H and O–H groups in total. The van der Waals surface area contributed by atoms with E-state index in [0.29, 0.717) is 61.3 Å². The molecule has 6 fully saturated rings. The SMILES string of the molecule is CC(C)N1CCN(c2cc(N)nc3cc(-c4ccn[nH]4)sc23)CC1.CN1CCN(c2cc(N)nc3cc(-c4ccn[nH]4)sc23)CC1.COC1(C)CCN(c2cc(N)nc3cc(-c4ccn[nH]4)sc23)CC1.CS(=O)(=O)N1CCN(c2cc(N)nc3cc(-c4ccn[nH]4)sc23)CC1.Nc1cc(N2CCN(C3CC3)CC2)c2sc(-c3ccn[nH]3)cc2n1. The van der Waals surface area contributed by atoms with Crippen molar-refractivity contribution in [2.24, 2.45) is 0 Å². The van der Waals surface area contributed by atoms with Crippen LogP contribution in [-0.2, 0) is 14.8 Å². The first-order valence-corrected chi connectivity index (χ1v) is 45.9. The predicted molar refractivity (Wildman–Crippen MR) is 489 cm³/mol. The maximum atomic E-state index is 11.7. The number of anilines is 10. The third kappa shape index (κ3) is 18.1. The summed E-state index contributed by atoms with van der Waals surface area (Å²) in [4.78, 5) is 47.5. The molecule has 20 heterocycles. The van der Waals surface area contributed by atoms with Gasteiger partial charge in [0.1, 0.15) is 29.1 Å². The van der Waals surface area contributed by atoms with Crippen LogP contribution in [-0.4, -0.2) is 259 Å². The largest absolute Gasteiger partial charge is 0.384 e. The molecule has 6 aliphatic rings. The number of fused-ring (bicyclic) bond motifs is 5. The number of aromatic nitrogens is 15. The van der Waals surface area contributed by atoms with Gasteiger partial charge >= 0.3 is 0 Å². The zero-order chi connectivity index (χ0) is 82.2. The van der Waals surface area contributed by atoms with E-state index in [1.54, 1.807) is 94.8 Å². The number of nitrogens with one attached hydrogen (secondary N) is 5. The van der Waals surface area contributed by atoms with Gasteiger partial charge in [0.25, 0.3) is 0 Å². The van der Waals surface area contributed by atoms with Crippen molar-refractivity contribution in [3.05, 3.63) is 122 Å². The topological polar surface area (TPSA) is 410 Å². The second-order valence-electron chi connectivity index (χ2n) is 31.3. The lowest BCUT2D eigenvalue weighted by Crippen LogP contribution is -2.48. The number of hydrogen-bond acceptors (Lipinski definition) is 31. The zero-order valence-corrected chi connectivity index (χ0v) is 72.2. The molecule has 622 valence electrons. The van der Waals surface area contributed by atoms with Gasteiger partial charge in [-0.3, -0.25) is 35.3 Å². The van der Waals surface area contributed by atoms with Crippen molar-refractivity contribution >= 4 is 175 Å². The molecule has 38 heteroatoms. The van der Waals surface area contributed by atoms with E-state index in [-0.39, 0.29) is 5.60 Å². The maximum absolute atomic E-state index is 11.7. The molecule has 5 aliphatic heterocycles. The first-order chi connectivity index (χ1) is 57.6. The first-order valence-electron chi connectivity index (χ1n) is 40.0. The summed E-state index contributed by atoms with van der Waals surface area (Å²) in [6, 6.07) is 31.6. The fourth-order valence-electron chi connectivity index (χ4n) is 15.9. The molecule has 0 aromatic carbocycles. The minimum Gasteiger partial charge on any atom is -0.384 e. The highest BCUT2D eigenvalue weighted by Gasteiger charge is 2.34. The van der Waals surface area contributed by atoms with E-state index in [0.717, 1.165) is 201 Å². The van der Waals surface area contributed by atoms with Crippen LogP contribution in [0.25, 0.3) is 104 Å². The highest BCUT2D eigenvalue weighted by Crippen LogP contribution is 2.46. The number of methoxy groups -OCH3 is 1. The lowest BCUT2D eigenvalue weighted by molar-refractivity contribution is -0.0132. The highest BCUT2D eigenvalue weighted by molar-refractivity contribution is 7.88. The van der Waals surface area contributed by atoms with Crippen LogP contribution >= 0.6 is 56.7 Å². The van der Waals surface area contributed by atoms with E-state index in [2.05, 4.69) is 167 Å². The van der Waals surface area contributed by atoms with Crippen LogP contribution < -0.4 is 53.2 Å². The minimum atomic E-state index is -3.15. The van der Waals surface area contributed by atoms with Crippen LogP contribution in [0.3, 0.4) is 0 Å². The predicted octanol–water partition coefficient (Wildman–Crippen LogP) is 12.0. The summed E-state index contributed by atoms with van der Waals surface area (Å²) in [5, 5.41) is 35.2. The second-order valence-corrected chi connectivity index (χ2v) is 38.5. The number of nitrogens with two attached hydrogens (primary N) is 5.